The van der Waals surface area contributed by atoms with Gasteiger partial charge in [0.15, 0.2) is 0 Å². The molecule has 1 atom stereocenters. The van der Waals surface area contributed by atoms with Crippen LogP contribution in [0.1, 0.15) is 0 Å². The van der Waals surface area contributed by atoms with Crippen molar-refractivity contribution < 1.29 is 31.0 Å². The molecule has 0 aliphatic heterocycles. The molecule has 20 heavy (non-hydrogen) atoms. The molecule has 0 aliphatic carbocycles. The average Bonchev–Trinajstić information content (AvgIpc) is 2.48. The molecule has 2 aromatic rings. The van der Waals surface area contributed by atoms with Gasteiger partial charge in [0, 0.05) is 0 Å². The quantitative estimate of drug-likeness (QED) is 0.362. The molecular weight excluding hydrogens is 302 g/mol. The first-order valence-corrected chi connectivity index (χ1v) is 5.99. The molecule has 0 N–H and O–H groups in total. The maximum absolute atomic E-state index is 13.2. The second-order valence-electron chi connectivity index (χ2n) is 3.50. The zero-order valence-electron chi connectivity index (χ0n) is 9.59. The summed E-state index contributed by atoms with van der Waals surface area (Å²) in [6, 6.07) is 8.06. The fourth-order valence-corrected chi connectivity index (χ4v) is 1.81. The Hall–Kier alpha value is -1.88. The third-order valence-electron chi connectivity index (χ3n) is 2.22. The smallest absolute Gasteiger partial charge is 0.275 e. The van der Waals surface area contributed by atoms with E-state index in [4.69, 9.17) is 4.52 Å². The Morgan fingerprint density at radius 2 is 1.15 bits per heavy atom. The molecule has 2 aromatic carbocycles. The van der Waals surface area contributed by atoms with Gasteiger partial charge in [-0.2, -0.15) is 8.78 Å². The maximum Gasteiger partial charge on any atom is 0.275 e. The van der Waals surface area contributed by atoms with E-state index >= 15 is 0 Å². The lowest BCUT2D eigenvalue weighted by Crippen LogP contribution is -2.03. The minimum Gasteiger partial charge on any atom is -0.441 e. The van der Waals surface area contributed by atoms with Gasteiger partial charge in [-0.05, 0) is 12.1 Å². The van der Waals surface area contributed by atoms with Gasteiger partial charge < -0.3 is 9.05 Å². The SMILES string of the molecule is Fc1c(F)c(F)c(OPOc2ccccc2)c(F)c1F. The number of benzene rings is 2. The molecule has 2 nitrogen and oxygen atoms in total. The number of hydrogen-bond acceptors (Lipinski definition) is 2. The fraction of sp³-hybridized carbons (Fsp3) is 0. The predicted molar refractivity (Wildman–Crippen MR) is 62.2 cm³/mol. The maximum atomic E-state index is 13.2. The molecule has 0 spiro atoms. The van der Waals surface area contributed by atoms with E-state index in [1.165, 1.54) is 12.1 Å². The van der Waals surface area contributed by atoms with Crippen LogP contribution in [-0.4, -0.2) is 0 Å². The standard InChI is InChI=1S/C12H6F5O2P/c13-7-8(14)10(16)12(11(17)9(7)15)19-20-18-6-4-2-1-3-5-6/h1-5,20H. The molecule has 8 heteroatoms. The van der Waals surface area contributed by atoms with Crippen molar-refractivity contribution in [2.24, 2.45) is 0 Å². The molecule has 0 saturated heterocycles. The Morgan fingerprint density at radius 3 is 1.70 bits per heavy atom. The topological polar surface area (TPSA) is 18.5 Å². The van der Waals surface area contributed by atoms with Gasteiger partial charge in [0.1, 0.15) is 5.75 Å². The highest BCUT2D eigenvalue weighted by atomic mass is 31.1. The molecule has 0 bridgehead atoms. The van der Waals surface area contributed by atoms with Gasteiger partial charge in [0.05, 0.1) is 0 Å². The van der Waals surface area contributed by atoms with Crippen molar-refractivity contribution >= 4 is 9.03 Å². The average molecular weight is 308 g/mol. The van der Waals surface area contributed by atoms with Gasteiger partial charge in [-0.15, -0.1) is 0 Å². The van der Waals surface area contributed by atoms with Gasteiger partial charge in [-0.1, -0.05) is 18.2 Å². The zero-order valence-corrected chi connectivity index (χ0v) is 10.6. The first kappa shape index (κ1) is 14.5. The summed E-state index contributed by atoms with van der Waals surface area (Å²) in [6.07, 6.45) is 0. The monoisotopic (exact) mass is 308 g/mol. The van der Waals surface area contributed by atoms with Crippen LogP contribution in [-0.2, 0) is 0 Å². The van der Waals surface area contributed by atoms with Crippen LogP contribution in [0.3, 0.4) is 0 Å². The number of halogens is 5. The molecular formula is C12H6F5O2P. The van der Waals surface area contributed by atoms with Crippen LogP contribution in [0.4, 0.5) is 22.0 Å². The van der Waals surface area contributed by atoms with Crippen molar-refractivity contribution in [2.75, 3.05) is 0 Å². The summed E-state index contributed by atoms with van der Waals surface area (Å²) < 4.78 is 74.4. The van der Waals surface area contributed by atoms with E-state index in [0.29, 0.717) is 5.75 Å². The van der Waals surface area contributed by atoms with Gasteiger partial charge in [0.25, 0.3) is 9.03 Å². The molecule has 0 amide bonds. The van der Waals surface area contributed by atoms with E-state index in [1.54, 1.807) is 18.2 Å². The fourth-order valence-electron chi connectivity index (χ4n) is 1.27. The van der Waals surface area contributed by atoms with Crippen molar-refractivity contribution in [3.05, 3.63) is 59.4 Å². The highest BCUT2D eigenvalue weighted by molar-refractivity contribution is 7.27. The van der Waals surface area contributed by atoms with Crippen LogP contribution in [0.25, 0.3) is 0 Å². The van der Waals surface area contributed by atoms with E-state index in [1.807, 2.05) is 0 Å². The molecule has 2 rings (SSSR count). The highest BCUT2D eigenvalue weighted by Gasteiger charge is 2.27. The lowest BCUT2D eigenvalue weighted by molar-refractivity contribution is 0.349. The van der Waals surface area contributed by atoms with Gasteiger partial charge in [-0.3, -0.25) is 0 Å². The Bertz CT molecular complexity index is 592. The third kappa shape index (κ3) is 2.82. The summed E-state index contributed by atoms with van der Waals surface area (Å²) in [7, 11) is -0.966. The molecule has 0 aromatic heterocycles. The second-order valence-corrected chi connectivity index (χ2v) is 4.07. The van der Waals surface area contributed by atoms with Gasteiger partial charge in [0.2, 0.25) is 34.8 Å². The lowest BCUT2D eigenvalue weighted by atomic mass is 10.3. The van der Waals surface area contributed by atoms with E-state index in [0.717, 1.165) is 0 Å². The van der Waals surface area contributed by atoms with Crippen LogP contribution in [0.2, 0.25) is 0 Å². The summed E-state index contributed by atoms with van der Waals surface area (Å²) in [6.45, 7) is 0. The summed E-state index contributed by atoms with van der Waals surface area (Å²) in [5.41, 5.74) is 0. The van der Waals surface area contributed by atoms with Crippen molar-refractivity contribution in [3.63, 3.8) is 0 Å². The summed E-state index contributed by atoms with van der Waals surface area (Å²) in [4.78, 5) is 0. The molecule has 0 aliphatic rings. The van der Waals surface area contributed by atoms with E-state index in [2.05, 4.69) is 4.52 Å². The highest BCUT2D eigenvalue weighted by Crippen LogP contribution is 2.33. The molecule has 0 saturated carbocycles. The van der Waals surface area contributed by atoms with Crippen molar-refractivity contribution in [2.45, 2.75) is 0 Å². The van der Waals surface area contributed by atoms with Crippen LogP contribution < -0.4 is 9.05 Å². The first-order valence-electron chi connectivity index (χ1n) is 5.17. The number of para-hydroxylation sites is 1. The Kier molecular flexibility index (Phi) is 4.39. The van der Waals surface area contributed by atoms with Crippen LogP contribution >= 0.6 is 9.03 Å². The lowest BCUT2D eigenvalue weighted by Gasteiger charge is -2.10. The van der Waals surface area contributed by atoms with Gasteiger partial charge in [-0.25, -0.2) is 13.2 Å². The first-order chi connectivity index (χ1) is 9.52. The Balaban J connectivity index is 2.14. The predicted octanol–water partition coefficient (Wildman–Crippen LogP) is 4.35. The summed E-state index contributed by atoms with van der Waals surface area (Å²) in [5, 5.41) is 0. The molecule has 1 unspecified atom stereocenters. The number of rotatable bonds is 4. The van der Waals surface area contributed by atoms with Crippen LogP contribution in [0, 0.1) is 29.1 Å². The van der Waals surface area contributed by atoms with E-state index < -0.39 is 43.9 Å². The summed E-state index contributed by atoms with van der Waals surface area (Å²) >= 11 is 0. The van der Waals surface area contributed by atoms with Crippen LogP contribution in [0.5, 0.6) is 11.5 Å². The number of hydrogen-bond donors (Lipinski definition) is 0. The Labute approximate surface area is 112 Å². The normalized spacial score (nSPS) is 11.1. The van der Waals surface area contributed by atoms with Crippen LogP contribution in [0.15, 0.2) is 30.3 Å². The van der Waals surface area contributed by atoms with Crippen molar-refractivity contribution in [1.29, 1.82) is 0 Å². The molecule has 0 fully saturated rings. The summed E-state index contributed by atoms with van der Waals surface area (Å²) in [5.74, 6) is -11.5. The zero-order chi connectivity index (χ0) is 14.7. The minimum absolute atomic E-state index is 0.328. The van der Waals surface area contributed by atoms with E-state index in [-0.39, 0.29) is 0 Å². The third-order valence-corrected chi connectivity index (χ3v) is 2.82. The minimum atomic E-state index is -2.24. The van der Waals surface area contributed by atoms with Crippen molar-refractivity contribution in [3.8, 4) is 11.5 Å². The van der Waals surface area contributed by atoms with Gasteiger partial charge >= 0.3 is 0 Å². The largest absolute Gasteiger partial charge is 0.441 e. The second kappa shape index (κ2) is 6.05. The molecule has 0 radical (unpaired) electrons. The van der Waals surface area contributed by atoms with E-state index in [9.17, 15) is 22.0 Å². The van der Waals surface area contributed by atoms with Crippen molar-refractivity contribution in [1.82, 2.24) is 0 Å². The Morgan fingerprint density at radius 1 is 0.650 bits per heavy atom. The molecule has 0 heterocycles. The molecule has 106 valence electrons.